The van der Waals surface area contributed by atoms with Crippen LogP contribution in [-0.2, 0) is 18.4 Å². The number of quaternary nitrogens is 1. The second-order valence-electron chi connectivity index (χ2n) is 13.2. The van der Waals surface area contributed by atoms with Crippen molar-refractivity contribution in [1.29, 1.82) is 0 Å². The standard InChI is InChI=1S/C39H69N2O6P/c1-6-8-10-12-14-16-17-18-19-20-21-22-23-25-27-29-31-33-39(43)40-37(36-47-48(44,45)46-35-34-41(3,4)5)38(42)32-30-28-26-24-15-13-11-9-7-2/h7-10,14-16,18-19,24,30,32,37-38,42H,6,11-13,17,20-23,25-29,31,33-36H2,1-5H3,(H-,40,43,44,45)/p+1/b9-7+,10-8-,16-14-,19-18-,24-15+,32-30+. The number of hydrogen-bond donors (Lipinski definition) is 3. The molecule has 276 valence electrons. The molecule has 0 aliphatic carbocycles. The molecule has 9 heteroatoms. The zero-order chi connectivity index (χ0) is 35.8. The number of phosphoric acid groups is 1. The van der Waals surface area contributed by atoms with E-state index in [4.69, 9.17) is 9.05 Å². The maximum Gasteiger partial charge on any atom is 0.472 e. The Morgan fingerprint density at radius 3 is 1.92 bits per heavy atom. The van der Waals surface area contributed by atoms with E-state index >= 15 is 0 Å². The van der Waals surface area contributed by atoms with Crippen molar-refractivity contribution in [2.24, 2.45) is 0 Å². The van der Waals surface area contributed by atoms with E-state index in [1.54, 1.807) is 6.08 Å². The Labute approximate surface area is 294 Å². The summed E-state index contributed by atoms with van der Waals surface area (Å²) in [6.45, 7) is 4.39. The van der Waals surface area contributed by atoms with E-state index in [2.05, 4.69) is 66.9 Å². The molecule has 48 heavy (non-hydrogen) atoms. The van der Waals surface area contributed by atoms with Gasteiger partial charge in [-0.05, 0) is 71.1 Å². The fraction of sp³-hybridized carbons (Fsp3) is 0.667. The van der Waals surface area contributed by atoms with Crippen LogP contribution in [0.15, 0.2) is 72.9 Å². The Bertz CT molecular complexity index is 1010. The normalized spacial score (nSPS) is 15.6. The maximum atomic E-state index is 12.8. The SMILES string of the molecule is C/C=C/CC/C=C/CC/C=C/C(O)C(COP(=O)(O)OCC[N+](C)(C)C)NC(=O)CCCCCCCCC/C=C\C/C=C\C/C=C\CC. The number of allylic oxidation sites excluding steroid dienone is 11. The molecule has 8 nitrogen and oxygen atoms in total. The molecule has 0 saturated heterocycles. The maximum absolute atomic E-state index is 12.8. The van der Waals surface area contributed by atoms with Gasteiger partial charge in [0, 0.05) is 6.42 Å². The van der Waals surface area contributed by atoms with E-state index < -0.39 is 20.0 Å². The number of carbonyl (C=O) groups is 1. The molecule has 0 aromatic carbocycles. The second-order valence-corrected chi connectivity index (χ2v) is 14.7. The number of hydrogen-bond acceptors (Lipinski definition) is 5. The summed E-state index contributed by atoms with van der Waals surface area (Å²) < 4.78 is 23.3. The summed E-state index contributed by atoms with van der Waals surface area (Å²) in [7, 11) is 1.52. The van der Waals surface area contributed by atoms with Gasteiger partial charge in [-0.15, -0.1) is 0 Å². The molecule has 0 aliphatic heterocycles. The van der Waals surface area contributed by atoms with Gasteiger partial charge >= 0.3 is 7.82 Å². The lowest BCUT2D eigenvalue weighted by atomic mass is 10.1. The van der Waals surface area contributed by atoms with E-state index in [0.717, 1.165) is 77.0 Å². The van der Waals surface area contributed by atoms with Crippen LogP contribution >= 0.6 is 7.82 Å². The number of unbranched alkanes of at least 4 members (excludes halogenated alkanes) is 9. The monoisotopic (exact) mass is 693 g/mol. The summed E-state index contributed by atoms with van der Waals surface area (Å²) in [5.41, 5.74) is 0. The molecule has 0 radical (unpaired) electrons. The van der Waals surface area contributed by atoms with Crippen molar-refractivity contribution in [3.05, 3.63) is 72.9 Å². The Morgan fingerprint density at radius 1 is 0.750 bits per heavy atom. The molecule has 0 rings (SSSR count). The van der Waals surface area contributed by atoms with Crippen molar-refractivity contribution < 1.29 is 32.9 Å². The minimum atomic E-state index is -4.34. The third-order valence-electron chi connectivity index (χ3n) is 7.48. The average Bonchev–Trinajstić information content (AvgIpc) is 3.02. The third-order valence-corrected chi connectivity index (χ3v) is 8.47. The molecule has 0 aromatic rings. The molecule has 0 fully saturated rings. The highest BCUT2D eigenvalue weighted by molar-refractivity contribution is 7.47. The number of amides is 1. The van der Waals surface area contributed by atoms with Crippen molar-refractivity contribution in [1.82, 2.24) is 5.32 Å². The Balaban J connectivity index is 4.53. The van der Waals surface area contributed by atoms with Gasteiger partial charge in [-0.3, -0.25) is 13.8 Å². The number of aliphatic hydroxyl groups is 1. The van der Waals surface area contributed by atoms with Crippen LogP contribution in [0, 0.1) is 0 Å². The van der Waals surface area contributed by atoms with Gasteiger partial charge in [0.15, 0.2) is 0 Å². The molecule has 3 atom stereocenters. The van der Waals surface area contributed by atoms with Crippen LogP contribution in [-0.4, -0.2) is 73.4 Å². The number of nitrogens with zero attached hydrogens (tertiary/aromatic N) is 1. The van der Waals surface area contributed by atoms with Gasteiger partial charge in [0.1, 0.15) is 13.2 Å². The lowest BCUT2D eigenvalue weighted by Crippen LogP contribution is -2.45. The van der Waals surface area contributed by atoms with Crippen molar-refractivity contribution in [3.8, 4) is 0 Å². The number of aliphatic hydroxyl groups excluding tert-OH is 1. The van der Waals surface area contributed by atoms with Crippen LogP contribution in [0.25, 0.3) is 0 Å². The second kappa shape index (κ2) is 31.0. The van der Waals surface area contributed by atoms with Gasteiger partial charge in [-0.1, -0.05) is 112 Å². The van der Waals surface area contributed by atoms with Crippen LogP contribution in [0.2, 0.25) is 0 Å². The largest absolute Gasteiger partial charge is 0.472 e. The molecule has 0 aliphatic rings. The lowest BCUT2D eigenvalue weighted by molar-refractivity contribution is -0.870. The summed E-state index contributed by atoms with van der Waals surface area (Å²) in [5.74, 6) is -0.210. The van der Waals surface area contributed by atoms with Crippen molar-refractivity contribution >= 4 is 13.7 Å². The average molecular weight is 694 g/mol. The molecule has 0 bridgehead atoms. The molecule has 0 saturated carbocycles. The quantitative estimate of drug-likeness (QED) is 0.0289. The summed E-state index contributed by atoms with van der Waals surface area (Å²) in [6, 6.07) is -0.874. The Kier molecular flexibility index (Phi) is 29.6. The van der Waals surface area contributed by atoms with Crippen LogP contribution in [0.1, 0.15) is 117 Å². The Morgan fingerprint density at radius 2 is 1.29 bits per heavy atom. The highest BCUT2D eigenvalue weighted by Gasteiger charge is 2.27. The molecular weight excluding hydrogens is 623 g/mol. The predicted octanol–water partition coefficient (Wildman–Crippen LogP) is 9.29. The van der Waals surface area contributed by atoms with E-state index in [-0.39, 0.29) is 19.1 Å². The third kappa shape index (κ3) is 32.5. The van der Waals surface area contributed by atoms with Gasteiger partial charge in [0.05, 0.1) is 39.9 Å². The van der Waals surface area contributed by atoms with Crippen molar-refractivity contribution in [2.75, 3.05) is 40.9 Å². The van der Waals surface area contributed by atoms with Crippen LogP contribution in [0.3, 0.4) is 0 Å². The van der Waals surface area contributed by atoms with E-state index in [9.17, 15) is 19.4 Å². The lowest BCUT2D eigenvalue weighted by Gasteiger charge is -2.25. The molecular formula is C39H70N2O6P+. The summed E-state index contributed by atoms with van der Waals surface area (Å²) in [5, 5.41) is 13.6. The van der Waals surface area contributed by atoms with E-state index in [1.165, 1.54) is 19.3 Å². The predicted molar refractivity (Wildman–Crippen MR) is 203 cm³/mol. The molecule has 0 aromatic heterocycles. The summed E-state index contributed by atoms with van der Waals surface area (Å²) in [4.78, 5) is 22.9. The number of likely N-dealkylation sites (N-methyl/N-ethyl adjacent to an activating group) is 1. The zero-order valence-electron chi connectivity index (χ0n) is 30.9. The number of rotatable bonds is 31. The van der Waals surface area contributed by atoms with Crippen LogP contribution in [0.5, 0.6) is 0 Å². The van der Waals surface area contributed by atoms with E-state index in [0.29, 0.717) is 17.4 Å². The fourth-order valence-electron chi connectivity index (χ4n) is 4.56. The van der Waals surface area contributed by atoms with Gasteiger partial charge in [-0.25, -0.2) is 4.57 Å². The van der Waals surface area contributed by atoms with Crippen LogP contribution < -0.4 is 5.32 Å². The topological polar surface area (TPSA) is 105 Å². The van der Waals surface area contributed by atoms with Gasteiger partial charge < -0.3 is 19.8 Å². The number of phosphoric ester groups is 1. The summed E-state index contributed by atoms with van der Waals surface area (Å²) in [6.07, 6.45) is 39.9. The zero-order valence-corrected chi connectivity index (χ0v) is 31.8. The highest BCUT2D eigenvalue weighted by Crippen LogP contribution is 2.43. The number of carbonyl (C=O) groups excluding carboxylic acids is 1. The van der Waals surface area contributed by atoms with Gasteiger partial charge in [0.2, 0.25) is 5.91 Å². The first-order valence-corrected chi connectivity index (χ1v) is 19.8. The smallest absolute Gasteiger partial charge is 0.387 e. The van der Waals surface area contributed by atoms with Gasteiger partial charge in [0.25, 0.3) is 0 Å². The highest BCUT2D eigenvalue weighted by atomic mass is 31.2. The first kappa shape index (κ1) is 45.9. The number of nitrogens with one attached hydrogen (secondary N) is 1. The molecule has 0 heterocycles. The van der Waals surface area contributed by atoms with E-state index in [1.807, 2.05) is 40.2 Å². The summed E-state index contributed by atoms with van der Waals surface area (Å²) >= 11 is 0. The first-order chi connectivity index (χ1) is 23.0. The molecule has 3 N–H and O–H groups in total. The molecule has 3 unspecified atom stereocenters. The minimum absolute atomic E-state index is 0.0471. The Hall–Kier alpha value is -2.06. The molecule has 1 amide bonds. The van der Waals surface area contributed by atoms with Crippen molar-refractivity contribution in [2.45, 2.75) is 129 Å². The van der Waals surface area contributed by atoms with Crippen molar-refractivity contribution in [3.63, 3.8) is 0 Å². The minimum Gasteiger partial charge on any atom is -0.387 e. The van der Waals surface area contributed by atoms with Crippen LogP contribution in [0.4, 0.5) is 0 Å². The van der Waals surface area contributed by atoms with Gasteiger partial charge in [-0.2, -0.15) is 0 Å². The molecule has 0 spiro atoms. The first-order valence-electron chi connectivity index (χ1n) is 18.3. The fourth-order valence-corrected chi connectivity index (χ4v) is 5.30.